The Balaban J connectivity index is 1.65. The fourth-order valence-corrected chi connectivity index (χ4v) is 5.61. The van der Waals surface area contributed by atoms with Gasteiger partial charge in [0.2, 0.25) is 23.6 Å². The van der Waals surface area contributed by atoms with E-state index in [2.05, 4.69) is 27.3 Å². The summed E-state index contributed by atoms with van der Waals surface area (Å²) in [6.07, 6.45) is 3.76. The number of benzene rings is 2. The topological polar surface area (TPSA) is 186 Å². The second kappa shape index (κ2) is 16.2. The molecule has 0 spiro atoms. The summed E-state index contributed by atoms with van der Waals surface area (Å²) in [7, 11) is 0. The molecule has 1 aliphatic rings. The summed E-state index contributed by atoms with van der Waals surface area (Å²) in [6.45, 7) is 6.81. The summed E-state index contributed by atoms with van der Waals surface area (Å²) < 4.78 is 5.08. The van der Waals surface area contributed by atoms with Crippen LogP contribution in [0.25, 0.3) is 10.8 Å². The van der Waals surface area contributed by atoms with Crippen molar-refractivity contribution in [1.29, 1.82) is 0 Å². The molecule has 1 saturated carbocycles. The number of amides is 5. The first-order chi connectivity index (χ1) is 21.7. The number of nitrogens with two attached hydrogens (primary N) is 1. The second-order valence-corrected chi connectivity index (χ2v) is 12.8. The van der Waals surface area contributed by atoms with Gasteiger partial charge in [0.15, 0.2) is 0 Å². The van der Waals surface area contributed by atoms with Gasteiger partial charge in [-0.15, -0.1) is 0 Å². The zero-order valence-electron chi connectivity index (χ0n) is 27.2. The van der Waals surface area contributed by atoms with Gasteiger partial charge in [0.1, 0.15) is 23.2 Å². The summed E-state index contributed by atoms with van der Waals surface area (Å²) in [6, 6.07) is 11.8. The van der Waals surface area contributed by atoms with Crippen molar-refractivity contribution in [3.05, 3.63) is 48.0 Å². The second-order valence-electron chi connectivity index (χ2n) is 12.8. The zero-order chi connectivity index (χ0) is 33.9. The largest absolute Gasteiger partial charge is 0.453 e. The molecule has 2 aromatic rings. The van der Waals surface area contributed by atoms with Crippen LogP contribution in [0.4, 0.5) is 0 Å². The first-order valence-electron chi connectivity index (χ1n) is 15.9. The van der Waals surface area contributed by atoms with Gasteiger partial charge in [-0.3, -0.25) is 24.0 Å². The fraction of sp³-hybridized carbons (Fsp3) is 0.529. The van der Waals surface area contributed by atoms with Gasteiger partial charge in [-0.25, -0.2) is 4.79 Å². The highest BCUT2D eigenvalue weighted by Crippen LogP contribution is 2.29. The monoisotopic (exact) mass is 637 g/mol. The number of hydrogen-bond donors (Lipinski definition) is 5. The minimum absolute atomic E-state index is 0.142. The molecule has 250 valence electrons. The maximum Gasteiger partial charge on any atom is 0.397 e. The van der Waals surface area contributed by atoms with Crippen LogP contribution in [0.3, 0.4) is 0 Å². The third-order valence-electron chi connectivity index (χ3n) is 7.95. The minimum Gasteiger partial charge on any atom is -0.453 e. The molecule has 0 aromatic heterocycles. The lowest BCUT2D eigenvalue weighted by Crippen LogP contribution is -2.65. The van der Waals surface area contributed by atoms with Crippen LogP contribution in [-0.4, -0.2) is 65.3 Å². The molecule has 2 aromatic carbocycles. The number of aryl methyl sites for hydroxylation is 1. The number of carbonyl (C=O) groups is 6. The van der Waals surface area contributed by atoms with E-state index in [9.17, 15) is 28.8 Å². The van der Waals surface area contributed by atoms with Crippen molar-refractivity contribution in [2.45, 2.75) is 109 Å². The van der Waals surface area contributed by atoms with Crippen LogP contribution in [0.1, 0.15) is 84.6 Å². The lowest BCUT2D eigenvalue weighted by molar-refractivity contribution is -0.163. The third kappa shape index (κ3) is 10.3. The molecule has 1 fully saturated rings. The molecule has 1 aliphatic carbocycles. The molecule has 3 rings (SSSR count). The molecular formula is C34H47N5O7. The molecule has 0 aliphatic heterocycles. The molecule has 6 N–H and O–H groups in total. The molecule has 0 heterocycles. The van der Waals surface area contributed by atoms with Gasteiger partial charge in [0.25, 0.3) is 0 Å². The van der Waals surface area contributed by atoms with Crippen LogP contribution >= 0.6 is 0 Å². The van der Waals surface area contributed by atoms with Crippen molar-refractivity contribution in [3.63, 3.8) is 0 Å². The van der Waals surface area contributed by atoms with Crippen molar-refractivity contribution in [1.82, 2.24) is 21.3 Å². The maximum absolute atomic E-state index is 13.8. The SMILES string of the molecule is CCC(NC(=O)C(=O)OC(C)(C)C)C(=O)NC1(C(=O)NC(CC(N)=O)C(=O)NCCCc2cccc3ccccc23)CCCCC1. The van der Waals surface area contributed by atoms with Crippen molar-refractivity contribution < 1.29 is 33.5 Å². The van der Waals surface area contributed by atoms with Gasteiger partial charge in [0, 0.05) is 6.54 Å². The molecule has 46 heavy (non-hydrogen) atoms. The molecule has 12 nitrogen and oxygen atoms in total. The Labute approximate surface area is 269 Å². The first kappa shape index (κ1) is 36.0. The standard InChI is InChI=1S/C34H47N5O7/c1-5-25(37-30(43)31(44)46-33(2,3)4)29(42)39-34(18-9-6-10-19-34)32(45)38-26(21-27(35)40)28(41)36-20-12-16-23-15-11-14-22-13-7-8-17-24(22)23/h7-8,11,13-15,17,25-26H,5-6,9-10,12,16,18-21H2,1-4H3,(H2,35,40)(H,36,41)(H,37,43)(H,38,45)(H,39,42). The highest BCUT2D eigenvalue weighted by molar-refractivity contribution is 6.33. The normalized spacial score (nSPS) is 15.6. The molecule has 2 unspecified atom stereocenters. The van der Waals surface area contributed by atoms with Crippen LogP contribution in [0.5, 0.6) is 0 Å². The first-order valence-corrected chi connectivity index (χ1v) is 15.9. The Morgan fingerprint density at radius 1 is 0.891 bits per heavy atom. The number of carbonyl (C=O) groups excluding carboxylic acids is 6. The van der Waals surface area contributed by atoms with Crippen molar-refractivity contribution in [3.8, 4) is 0 Å². The number of ether oxygens (including phenoxy) is 1. The highest BCUT2D eigenvalue weighted by Gasteiger charge is 2.43. The van der Waals surface area contributed by atoms with Crippen molar-refractivity contribution in [2.75, 3.05) is 6.54 Å². The molecule has 5 amide bonds. The van der Waals surface area contributed by atoms with E-state index < -0.39 is 65.1 Å². The summed E-state index contributed by atoms with van der Waals surface area (Å²) in [5.41, 5.74) is 4.30. The molecule has 2 atom stereocenters. The van der Waals surface area contributed by atoms with E-state index in [4.69, 9.17) is 10.5 Å². The van der Waals surface area contributed by atoms with Crippen LogP contribution < -0.4 is 27.0 Å². The lowest BCUT2D eigenvalue weighted by atomic mass is 9.80. The van der Waals surface area contributed by atoms with Crippen LogP contribution in [0.2, 0.25) is 0 Å². The molecular weight excluding hydrogens is 590 g/mol. The number of hydrogen-bond acceptors (Lipinski definition) is 7. The van der Waals surface area contributed by atoms with Gasteiger partial charge in [0.05, 0.1) is 6.42 Å². The Kier molecular flexibility index (Phi) is 12.7. The summed E-state index contributed by atoms with van der Waals surface area (Å²) in [5.74, 6) is -4.79. The van der Waals surface area contributed by atoms with Crippen LogP contribution in [0.15, 0.2) is 42.5 Å². The maximum atomic E-state index is 13.8. The Morgan fingerprint density at radius 3 is 2.22 bits per heavy atom. The van der Waals surface area contributed by atoms with Gasteiger partial charge < -0.3 is 31.7 Å². The van der Waals surface area contributed by atoms with E-state index in [1.165, 1.54) is 0 Å². The number of esters is 1. The molecule has 0 saturated heterocycles. The molecule has 0 radical (unpaired) electrons. The zero-order valence-corrected chi connectivity index (χ0v) is 27.2. The van der Waals surface area contributed by atoms with E-state index in [1.807, 2.05) is 36.4 Å². The lowest BCUT2D eigenvalue weighted by Gasteiger charge is -2.38. The Morgan fingerprint density at radius 2 is 1.57 bits per heavy atom. The predicted molar refractivity (Wildman–Crippen MR) is 173 cm³/mol. The van der Waals surface area contributed by atoms with Gasteiger partial charge in [-0.2, -0.15) is 0 Å². The quantitative estimate of drug-likeness (QED) is 0.127. The van der Waals surface area contributed by atoms with E-state index in [1.54, 1.807) is 27.7 Å². The number of rotatable bonds is 13. The van der Waals surface area contributed by atoms with E-state index >= 15 is 0 Å². The number of fused-ring (bicyclic) bond motifs is 1. The predicted octanol–water partition coefficient (Wildman–Crippen LogP) is 2.30. The third-order valence-corrected chi connectivity index (χ3v) is 7.95. The molecule has 12 heteroatoms. The average Bonchev–Trinajstić information content (AvgIpc) is 3.00. The molecule has 0 bridgehead atoms. The van der Waals surface area contributed by atoms with Crippen molar-refractivity contribution in [2.24, 2.45) is 5.73 Å². The van der Waals surface area contributed by atoms with E-state index in [0.29, 0.717) is 32.2 Å². The Bertz CT molecular complexity index is 1420. The average molecular weight is 638 g/mol. The van der Waals surface area contributed by atoms with E-state index in [-0.39, 0.29) is 19.3 Å². The minimum atomic E-state index is -1.38. The van der Waals surface area contributed by atoms with Gasteiger partial charge in [-0.05, 0) is 69.2 Å². The smallest absolute Gasteiger partial charge is 0.397 e. The summed E-state index contributed by atoms with van der Waals surface area (Å²) in [5, 5.41) is 12.9. The summed E-state index contributed by atoms with van der Waals surface area (Å²) >= 11 is 0. The fourth-order valence-electron chi connectivity index (χ4n) is 5.61. The number of primary amides is 1. The summed E-state index contributed by atoms with van der Waals surface area (Å²) in [4.78, 5) is 76.8. The van der Waals surface area contributed by atoms with E-state index in [0.717, 1.165) is 22.8 Å². The van der Waals surface area contributed by atoms with Crippen LogP contribution in [0, 0.1) is 0 Å². The Hall–Kier alpha value is -4.48. The number of nitrogens with one attached hydrogen (secondary N) is 4. The highest BCUT2D eigenvalue weighted by atomic mass is 16.6. The van der Waals surface area contributed by atoms with Gasteiger partial charge >= 0.3 is 11.9 Å². The van der Waals surface area contributed by atoms with Gasteiger partial charge in [-0.1, -0.05) is 68.7 Å². The van der Waals surface area contributed by atoms with Crippen LogP contribution in [-0.2, 0) is 39.9 Å². The van der Waals surface area contributed by atoms with Crippen molar-refractivity contribution >= 4 is 46.3 Å².